The molecule has 1 fully saturated rings. The number of likely N-dealkylation sites (tertiary alicyclic amines) is 1. The summed E-state index contributed by atoms with van der Waals surface area (Å²) in [7, 11) is -1.12. The van der Waals surface area contributed by atoms with Gasteiger partial charge in [0.15, 0.2) is 0 Å². The summed E-state index contributed by atoms with van der Waals surface area (Å²) in [6.45, 7) is 2.90. The molecule has 0 bridgehead atoms. The van der Waals surface area contributed by atoms with Crippen LogP contribution in [0.5, 0.6) is 0 Å². The maximum absolute atomic E-state index is 12.2. The minimum absolute atomic E-state index is 0.0508. The van der Waals surface area contributed by atoms with Crippen molar-refractivity contribution < 1.29 is 13.8 Å². The second-order valence-electron chi connectivity index (χ2n) is 5.27. The molecule has 0 unspecified atom stereocenters. The number of amides is 2. The zero-order chi connectivity index (χ0) is 15.9. The summed E-state index contributed by atoms with van der Waals surface area (Å²) in [6, 6.07) is 8.79. The van der Waals surface area contributed by atoms with E-state index in [1.165, 1.54) is 0 Å². The van der Waals surface area contributed by atoms with E-state index in [0.29, 0.717) is 31.7 Å². The van der Waals surface area contributed by atoms with E-state index < -0.39 is 16.8 Å². The van der Waals surface area contributed by atoms with Crippen LogP contribution < -0.4 is 5.32 Å². The molecule has 6 heteroatoms. The van der Waals surface area contributed by atoms with Gasteiger partial charge in [0.25, 0.3) is 0 Å². The van der Waals surface area contributed by atoms with Gasteiger partial charge < -0.3 is 10.2 Å². The molecular weight excluding hydrogens is 300 g/mol. The number of benzene rings is 1. The van der Waals surface area contributed by atoms with Crippen molar-refractivity contribution in [2.45, 2.75) is 37.1 Å². The first-order chi connectivity index (χ1) is 10.6. The molecule has 1 aromatic rings. The molecule has 0 aliphatic carbocycles. The summed E-state index contributed by atoms with van der Waals surface area (Å²) in [6.07, 6.45) is 1.95. The SMILES string of the molecule is CC[C@H](C(=O)NCC[S@](=O)c1ccccc1)N1CCCC1=O. The first-order valence-corrected chi connectivity index (χ1v) is 8.96. The van der Waals surface area contributed by atoms with Crippen molar-refractivity contribution in [2.75, 3.05) is 18.8 Å². The molecule has 0 aromatic heterocycles. The van der Waals surface area contributed by atoms with Crippen molar-refractivity contribution in [3.63, 3.8) is 0 Å². The van der Waals surface area contributed by atoms with Crippen LogP contribution in [0, 0.1) is 0 Å². The fourth-order valence-corrected chi connectivity index (χ4v) is 3.60. The quantitative estimate of drug-likeness (QED) is 0.823. The van der Waals surface area contributed by atoms with Gasteiger partial charge in [-0.2, -0.15) is 0 Å². The molecule has 0 saturated carbocycles. The highest BCUT2D eigenvalue weighted by molar-refractivity contribution is 7.85. The van der Waals surface area contributed by atoms with Crippen LogP contribution in [-0.2, 0) is 20.4 Å². The average molecular weight is 322 g/mol. The fraction of sp³-hybridized carbons (Fsp3) is 0.500. The van der Waals surface area contributed by atoms with E-state index in [9.17, 15) is 13.8 Å². The fourth-order valence-electron chi connectivity index (χ4n) is 2.62. The van der Waals surface area contributed by atoms with Crippen LogP contribution >= 0.6 is 0 Å². The van der Waals surface area contributed by atoms with Crippen molar-refractivity contribution in [1.82, 2.24) is 10.2 Å². The Balaban J connectivity index is 1.81. The van der Waals surface area contributed by atoms with Gasteiger partial charge in [0.1, 0.15) is 6.04 Å². The van der Waals surface area contributed by atoms with E-state index in [-0.39, 0.29) is 11.8 Å². The molecule has 2 rings (SSSR count). The predicted octanol–water partition coefficient (Wildman–Crippen LogP) is 1.31. The standard InChI is InChI=1S/C16H22N2O3S/c1-2-14(18-11-6-9-15(18)19)16(20)17-10-12-22(21)13-7-4-3-5-8-13/h3-5,7-8,14H,2,6,9-12H2,1H3,(H,17,20)/t14-,22+/m1/s1. The molecule has 1 aliphatic heterocycles. The Morgan fingerprint density at radius 1 is 1.36 bits per heavy atom. The van der Waals surface area contributed by atoms with Crippen LogP contribution in [-0.4, -0.2) is 45.8 Å². The molecule has 1 heterocycles. The van der Waals surface area contributed by atoms with Gasteiger partial charge >= 0.3 is 0 Å². The normalized spacial score (nSPS) is 17.3. The van der Waals surface area contributed by atoms with Gasteiger partial charge in [-0.15, -0.1) is 0 Å². The van der Waals surface area contributed by atoms with Gasteiger partial charge in [-0.3, -0.25) is 13.8 Å². The van der Waals surface area contributed by atoms with Crippen molar-refractivity contribution in [3.8, 4) is 0 Å². The molecule has 2 amide bonds. The number of nitrogens with one attached hydrogen (secondary N) is 1. The maximum atomic E-state index is 12.2. The highest BCUT2D eigenvalue weighted by atomic mass is 32.2. The van der Waals surface area contributed by atoms with Gasteiger partial charge in [-0.25, -0.2) is 0 Å². The first-order valence-electron chi connectivity index (χ1n) is 7.64. The summed E-state index contributed by atoms with van der Waals surface area (Å²) in [5.41, 5.74) is 0. The third-order valence-electron chi connectivity index (χ3n) is 3.77. The lowest BCUT2D eigenvalue weighted by molar-refractivity contribution is -0.137. The van der Waals surface area contributed by atoms with Crippen LogP contribution in [0.15, 0.2) is 35.2 Å². The average Bonchev–Trinajstić information content (AvgIpc) is 2.95. The second kappa shape index (κ2) is 8.08. The third kappa shape index (κ3) is 4.16. The lowest BCUT2D eigenvalue weighted by atomic mass is 10.2. The number of nitrogens with zero attached hydrogens (tertiary/aromatic N) is 1. The summed E-state index contributed by atoms with van der Waals surface area (Å²) >= 11 is 0. The molecule has 5 nitrogen and oxygen atoms in total. The number of rotatable bonds is 7. The monoisotopic (exact) mass is 322 g/mol. The molecule has 2 atom stereocenters. The Bertz CT molecular complexity index is 548. The minimum atomic E-state index is -1.12. The van der Waals surface area contributed by atoms with Crippen LogP contribution in [0.25, 0.3) is 0 Å². The van der Waals surface area contributed by atoms with E-state index in [0.717, 1.165) is 11.3 Å². The summed E-state index contributed by atoms with van der Waals surface area (Å²) in [4.78, 5) is 26.4. The topological polar surface area (TPSA) is 66.5 Å². The van der Waals surface area contributed by atoms with Gasteiger partial charge in [-0.05, 0) is 25.0 Å². The predicted molar refractivity (Wildman–Crippen MR) is 85.8 cm³/mol. The zero-order valence-electron chi connectivity index (χ0n) is 12.8. The highest BCUT2D eigenvalue weighted by Crippen LogP contribution is 2.15. The van der Waals surface area contributed by atoms with Crippen molar-refractivity contribution in [1.29, 1.82) is 0 Å². The van der Waals surface area contributed by atoms with Gasteiger partial charge in [0.2, 0.25) is 11.8 Å². The Morgan fingerprint density at radius 3 is 2.68 bits per heavy atom. The van der Waals surface area contributed by atoms with E-state index in [1.807, 2.05) is 37.3 Å². The number of hydrogen-bond donors (Lipinski definition) is 1. The van der Waals surface area contributed by atoms with Crippen molar-refractivity contribution >= 4 is 22.6 Å². The Hall–Kier alpha value is -1.69. The van der Waals surface area contributed by atoms with Crippen molar-refractivity contribution in [2.24, 2.45) is 0 Å². The molecule has 0 spiro atoms. The van der Waals surface area contributed by atoms with E-state index in [1.54, 1.807) is 4.90 Å². The van der Waals surface area contributed by atoms with E-state index in [2.05, 4.69) is 5.32 Å². The zero-order valence-corrected chi connectivity index (χ0v) is 13.6. The summed E-state index contributed by atoms with van der Waals surface area (Å²) in [5.74, 6) is 0.276. The van der Waals surface area contributed by atoms with Gasteiger partial charge in [-0.1, -0.05) is 25.1 Å². The van der Waals surface area contributed by atoms with E-state index >= 15 is 0 Å². The van der Waals surface area contributed by atoms with Gasteiger partial charge in [0, 0.05) is 30.2 Å². The highest BCUT2D eigenvalue weighted by Gasteiger charge is 2.31. The largest absolute Gasteiger partial charge is 0.353 e. The molecule has 22 heavy (non-hydrogen) atoms. The van der Waals surface area contributed by atoms with Crippen LogP contribution in [0.3, 0.4) is 0 Å². The minimum Gasteiger partial charge on any atom is -0.353 e. The van der Waals surface area contributed by atoms with Crippen molar-refractivity contribution in [3.05, 3.63) is 30.3 Å². The Labute approximate surface area is 133 Å². The first kappa shape index (κ1) is 16.7. The smallest absolute Gasteiger partial charge is 0.242 e. The second-order valence-corrected chi connectivity index (χ2v) is 6.84. The number of carbonyl (C=O) groups is 2. The van der Waals surface area contributed by atoms with E-state index in [4.69, 9.17) is 0 Å². The molecule has 1 aromatic carbocycles. The number of carbonyl (C=O) groups excluding carboxylic acids is 2. The van der Waals surface area contributed by atoms with Crippen LogP contribution in [0.2, 0.25) is 0 Å². The Morgan fingerprint density at radius 2 is 2.09 bits per heavy atom. The number of hydrogen-bond acceptors (Lipinski definition) is 3. The van der Waals surface area contributed by atoms with Crippen LogP contribution in [0.1, 0.15) is 26.2 Å². The molecular formula is C16H22N2O3S. The maximum Gasteiger partial charge on any atom is 0.242 e. The lowest BCUT2D eigenvalue weighted by Crippen LogP contribution is -2.47. The Kier molecular flexibility index (Phi) is 6.12. The molecule has 1 N–H and O–H groups in total. The van der Waals surface area contributed by atoms with Gasteiger partial charge in [0.05, 0.1) is 10.8 Å². The van der Waals surface area contributed by atoms with Crippen LogP contribution in [0.4, 0.5) is 0 Å². The summed E-state index contributed by atoms with van der Waals surface area (Å²) in [5, 5.41) is 2.81. The molecule has 1 aliphatic rings. The molecule has 120 valence electrons. The third-order valence-corrected chi connectivity index (χ3v) is 5.14. The molecule has 0 radical (unpaired) electrons. The lowest BCUT2D eigenvalue weighted by Gasteiger charge is -2.25. The summed E-state index contributed by atoms with van der Waals surface area (Å²) < 4.78 is 12.1. The molecule has 1 saturated heterocycles.